The number of hydrogen-bond acceptors (Lipinski definition) is 9. The average Bonchev–Trinajstić information content (AvgIpc) is 2.87. The zero-order chi connectivity index (χ0) is 23.9. The van der Waals surface area contributed by atoms with Gasteiger partial charge in [-0.25, -0.2) is 14.4 Å². The van der Waals surface area contributed by atoms with Crippen LogP contribution in [0.15, 0.2) is 60.9 Å². The zero-order valence-corrected chi connectivity index (χ0v) is 18.1. The van der Waals surface area contributed by atoms with Crippen LogP contribution in [-0.4, -0.2) is 53.6 Å². The van der Waals surface area contributed by atoms with E-state index in [1.165, 1.54) is 12.4 Å². The van der Waals surface area contributed by atoms with Gasteiger partial charge >= 0.3 is 5.69 Å². The third-order valence-electron chi connectivity index (χ3n) is 5.19. The highest BCUT2D eigenvalue weighted by molar-refractivity contribution is 5.80. The minimum Gasteiger partial charge on any atom is -0.484 e. The maximum Gasteiger partial charge on any atom is 0.355 e. The van der Waals surface area contributed by atoms with E-state index in [4.69, 9.17) is 4.74 Å². The third-order valence-corrected chi connectivity index (χ3v) is 5.19. The average molecular weight is 467 g/mol. The Morgan fingerprint density at radius 2 is 1.71 bits per heavy atom. The Balaban J connectivity index is 1.41. The number of nitro groups is 1. The number of hydrazine groups is 1. The first-order valence-corrected chi connectivity index (χ1v) is 10.5. The van der Waals surface area contributed by atoms with Gasteiger partial charge in [0.15, 0.2) is 6.61 Å². The molecule has 2 N–H and O–H groups in total. The second-order valence-corrected chi connectivity index (χ2v) is 7.35. The first-order chi connectivity index (χ1) is 16.5. The second-order valence-electron chi connectivity index (χ2n) is 7.35. The molecule has 0 unspecified atom stereocenters. The summed E-state index contributed by atoms with van der Waals surface area (Å²) in [4.78, 5) is 35.0. The first-order valence-electron chi connectivity index (χ1n) is 10.5. The predicted molar refractivity (Wildman–Crippen MR) is 123 cm³/mol. The molecule has 0 atom stereocenters. The molecule has 2 heterocycles. The lowest BCUT2D eigenvalue weighted by Gasteiger charge is -2.36. The molecular formula is C22H22FN7O4. The van der Waals surface area contributed by atoms with Gasteiger partial charge in [-0.05, 0) is 24.3 Å². The van der Waals surface area contributed by atoms with Crippen LogP contribution >= 0.6 is 0 Å². The van der Waals surface area contributed by atoms with E-state index in [0.717, 1.165) is 0 Å². The lowest BCUT2D eigenvalue weighted by atomic mass is 10.2. The normalized spacial score (nSPS) is 13.3. The lowest BCUT2D eigenvalue weighted by Crippen LogP contribution is -2.47. The molecule has 2 aromatic carbocycles. The minimum absolute atomic E-state index is 0.116. The van der Waals surface area contributed by atoms with E-state index in [1.807, 2.05) is 11.0 Å². The number of carbonyl (C=O) groups excluding carboxylic acids is 1. The van der Waals surface area contributed by atoms with Crippen LogP contribution < -0.4 is 25.4 Å². The molecule has 12 heteroatoms. The van der Waals surface area contributed by atoms with E-state index >= 15 is 0 Å². The molecule has 176 valence electrons. The van der Waals surface area contributed by atoms with Crippen LogP contribution in [0.5, 0.6) is 5.75 Å². The van der Waals surface area contributed by atoms with Gasteiger partial charge in [-0.3, -0.25) is 25.8 Å². The highest BCUT2D eigenvalue weighted by Gasteiger charge is 2.30. The van der Waals surface area contributed by atoms with E-state index in [0.29, 0.717) is 37.6 Å². The summed E-state index contributed by atoms with van der Waals surface area (Å²) >= 11 is 0. The Morgan fingerprint density at radius 3 is 2.41 bits per heavy atom. The Morgan fingerprint density at radius 1 is 1.03 bits per heavy atom. The zero-order valence-electron chi connectivity index (χ0n) is 18.1. The number of anilines is 3. The molecule has 0 radical (unpaired) electrons. The molecule has 1 fully saturated rings. The van der Waals surface area contributed by atoms with Gasteiger partial charge in [0.25, 0.3) is 5.91 Å². The van der Waals surface area contributed by atoms with E-state index in [1.54, 1.807) is 47.4 Å². The molecule has 0 saturated carbocycles. The number of halogens is 1. The quantitative estimate of drug-likeness (QED) is 0.379. The van der Waals surface area contributed by atoms with Crippen molar-refractivity contribution in [3.63, 3.8) is 0 Å². The molecular weight excluding hydrogens is 445 g/mol. The van der Waals surface area contributed by atoms with Gasteiger partial charge in [-0.15, -0.1) is 0 Å². The van der Waals surface area contributed by atoms with Crippen molar-refractivity contribution >= 4 is 28.9 Å². The van der Waals surface area contributed by atoms with Crippen molar-refractivity contribution < 1.29 is 18.8 Å². The molecule has 0 bridgehead atoms. The number of carbonyl (C=O) groups is 1. The van der Waals surface area contributed by atoms with Gasteiger partial charge in [0.2, 0.25) is 11.6 Å². The van der Waals surface area contributed by atoms with Crippen molar-refractivity contribution in [1.82, 2.24) is 15.4 Å². The number of piperazine rings is 1. The van der Waals surface area contributed by atoms with Crippen molar-refractivity contribution in [2.24, 2.45) is 0 Å². The largest absolute Gasteiger partial charge is 0.484 e. The Labute approximate surface area is 194 Å². The third kappa shape index (κ3) is 5.28. The second kappa shape index (κ2) is 10.4. The summed E-state index contributed by atoms with van der Waals surface area (Å²) in [5, 5.41) is 11.8. The van der Waals surface area contributed by atoms with Crippen molar-refractivity contribution in [2.45, 2.75) is 0 Å². The summed E-state index contributed by atoms with van der Waals surface area (Å²) < 4.78 is 19.5. The molecule has 1 aliphatic rings. The number of benzene rings is 2. The fourth-order valence-electron chi connectivity index (χ4n) is 3.56. The number of ether oxygens (including phenoxy) is 1. The van der Waals surface area contributed by atoms with Gasteiger partial charge in [0, 0.05) is 26.2 Å². The summed E-state index contributed by atoms with van der Waals surface area (Å²) in [5.74, 6) is -0.383. The van der Waals surface area contributed by atoms with E-state index in [2.05, 4.69) is 20.8 Å². The summed E-state index contributed by atoms with van der Waals surface area (Å²) in [6.45, 7) is 1.41. The molecule has 0 spiro atoms. The monoisotopic (exact) mass is 467 g/mol. The number of aromatic nitrogens is 2. The maximum atomic E-state index is 14.1. The fourth-order valence-corrected chi connectivity index (χ4v) is 3.56. The number of nitrogens with one attached hydrogen (secondary N) is 2. The minimum atomic E-state index is -0.604. The Hall–Kier alpha value is -4.48. The Kier molecular flexibility index (Phi) is 6.96. The fraction of sp³-hybridized carbons (Fsp3) is 0.227. The summed E-state index contributed by atoms with van der Waals surface area (Å²) in [5.41, 5.74) is 4.96. The molecule has 34 heavy (non-hydrogen) atoms. The van der Waals surface area contributed by atoms with E-state index < -0.39 is 10.8 Å². The summed E-state index contributed by atoms with van der Waals surface area (Å²) in [7, 11) is 0. The van der Waals surface area contributed by atoms with Crippen LogP contribution in [-0.2, 0) is 4.79 Å². The van der Waals surface area contributed by atoms with Gasteiger partial charge < -0.3 is 14.5 Å². The summed E-state index contributed by atoms with van der Waals surface area (Å²) in [6.07, 6.45) is 1.18. The lowest BCUT2D eigenvalue weighted by molar-refractivity contribution is -0.383. The van der Waals surface area contributed by atoms with Gasteiger partial charge in [0.05, 0.1) is 10.6 Å². The van der Waals surface area contributed by atoms with Crippen LogP contribution in [0.2, 0.25) is 0 Å². The standard InChI is InChI=1S/C22H22FN7O4/c23-17-8-4-5-9-18(17)28-10-12-29(13-11-28)22-20(30(32)33)21(24-15-25-22)27-26-19(31)14-34-16-6-2-1-3-7-16/h1-9,15H,10-14H2,(H,26,31)(H,24,25,27). The van der Waals surface area contributed by atoms with Crippen molar-refractivity contribution in [3.8, 4) is 5.75 Å². The molecule has 11 nitrogen and oxygen atoms in total. The number of rotatable bonds is 8. The van der Waals surface area contributed by atoms with Crippen molar-refractivity contribution in [3.05, 3.63) is 76.9 Å². The highest BCUT2D eigenvalue weighted by Crippen LogP contribution is 2.32. The predicted octanol–water partition coefficient (Wildman–Crippen LogP) is 2.37. The topological polar surface area (TPSA) is 126 Å². The maximum absolute atomic E-state index is 14.1. The first kappa shape index (κ1) is 22.7. The number of hydrogen-bond donors (Lipinski definition) is 2. The number of nitrogens with zero attached hydrogens (tertiary/aromatic N) is 5. The van der Waals surface area contributed by atoms with Crippen LogP contribution in [0.3, 0.4) is 0 Å². The smallest absolute Gasteiger partial charge is 0.355 e. The number of para-hydroxylation sites is 2. The van der Waals surface area contributed by atoms with Gasteiger partial charge in [-0.1, -0.05) is 30.3 Å². The highest BCUT2D eigenvalue weighted by atomic mass is 19.1. The van der Waals surface area contributed by atoms with Crippen LogP contribution in [0.1, 0.15) is 0 Å². The molecule has 4 rings (SSSR count). The molecule has 1 aliphatic heterocycles. The molecule has 1 saturated heterocycles. The van der Waals surface area contributed by atoms with Gasteiger partial charge in [-0.2, -0.15) is 0 Å². The Bertz CT molecular complexity index is 1160. The van der Waals surface area contributed by atoms with E-state index in [-0.39, 0.29) is 29.7 Å². The SMILES string of the molecule is O=C(COc1ccccc1)NNc1ncnc(N2CCN(c3ccccc3F)CC2)c1[N+](=O)[O-]. The van der Waals surface area contributed by atoms with Crippen molar-refractivity contribution in [1.29, 1.82) is 0 Å². The van der Waals surface area contributed by atoms with Gasteiger partial charge in [0.1, 0.15) is 17.9 Å². The van der Waals surface area contributed by atoms with Crippen LogP contribution in [0.4, 0.5) is 27.4 Å². The van der Waals surface area contributed by atoms with Crippen LogP contribution in [0, 0.1) is 15.9 Å². The molecule has 3 aromatic rings. The molecule has 0 aliphatic carbocycles. The van der Waals surface area contributed by atoms with Crippen LogP contribution in [0.25, 0.3) is 0 Å². The molecule has 1 aromatic heterocycles. The van der Waals surface area contributed by atoms with Crippen molar-refractivity contribution in [2.75, 3.05) is 48.0 Å². The molecule has 1 amide bonds. The summed E-state index contributed by atoms with van der Waals surface area (Å²) in [6, 6.07) is 15.2. The number of amides is 1. The van der Waals surface area contributed by atoms with E-state index in [9.17, 15) is 19.3 Å².